The molecule has 3 N–H and O–H groups in total. The average Bonchev–Trinajstić information content (AvgIpc) is 2.81. The van der Waals surface area contributed by atoms with E-state index in [0.717, 1.165) is 5.56 Å². The number of rotatable bonds is 4. The standard InChI is InChI=1S/C15H19N3O3/c1-15(2,3)21-12(10-7-5-4-6-8-10)14(20)17-11-9-16-18-13(11)19/h4-9,12H,1-3H3,(H,17,20)(H2,16,18,19)/t12-/m1/s1. The van der Waals surface area contributed by atoms with Crippen molar-refractivity contribution in [3.63, 3.8) is 0 Å². The first-order chi connectivity index (χ1) is 9.87. The molecule has 0 unspecified atom stereocenters. The third kappa shape index (κ3) is 4.06. The van der Waals surface area contributed by atoms with Gasteiger partial charge in [-0.15, -0.1) is 0 Å². The minimum Gasteiger partial charge on any atom is -0.358 e. The summed E-state index contributed by atoms with van der Waals surface area (Å²) in [6.45, 7) is 5.62. The number of hydrogen-bond acceptors (Lipinski definition) is 3. The van der Waals surface area contributed by atoms with E-state index in [2.05, 4.69) is 15.5 Å². The van der Waals surface area contributed by atoms with Crippen LogP contribution in [-0.4, -0.2) is 21.7 Å². The molecule has 6 heteroatoms. The van der Waals surface area contributed by atoms with Crippen LogP contribution in [0.1, 0.15) is 32.4 Å². The Balaban J connectivity index is 2.25. The number of carbonyl (C=O) groups is 1. The van der Waals surface area contributed by atoms with Crippen molar-refractivity contribution in [1.29, 1.82) is 0 Å². The zero-order valence-corrected chi connectivity index (χ0v) is 12.3. The van der Waals surface area contributed by atoms with E-state index in [-0.39, 0.29) is 17.2 Å². The molecular weight excluding hydrogens is 270 g/mol. The van der Waals surface area contributed by atoms with E-state index in [4.69, 9.17) is 4.74 Å². The molecule has 0 radical (unpaired) electrons. The lowest BCUT2D eigenvalue weighted by Crippen LogP contribution is -2.31. The summed E-state index contributed by atoms with van der Waals surface area (Å²) in [5, 5.41) is 7.47. The van der Waals surface area contributed by atoms with Gasteiger partial charge in [-0.3, -0.25) is 14.7 Å². The molecule has 0 saturated carbocycles. The van der Waals surface area contributed by atoms with Crippen LogP contribution >= 0.6 is 0 Å². The fraction of sp³-hybridized carbons (Fsp3) is 0.333. The van der Waals surface area contributed by atoms with Gasteiger partial charge in [-0.2, -0.15) is 0 Å². The minimum atomic E-state index is -0.791. The zero-order chi connectivity index (χ0) is 15.5. The summed E-state index contributed by atoms with van der Waals surface area (Å²) in [5.74, 6) is -0.388. The smallest absolute Gasteiger partial charge is 0.287 e. The lowest BCUT2D eigenvalue weighted by Gasteiger charge is -2.27. The van der Waals surface area contributed by atoms with Gasteiger partial charge in [0.05, 0.1) is 5.60 Å². The van der Waals surface area contributed by atoms with Crippen LogP contribution in [0, 0.1) is 0 Å². The van der Waals surface area contributed by atoms with Crippen LogP contribution in [0.2, 0.25) is 0 Å². The molecule has 1 aromatic carbocycles. The summed E-state index contributed by atoms with van der Waals surface area (Å²) in [5.41, 5.74) is 0.0174. The van der Waals surface area contributed by atoms with Crippen LogP contribution < -0.4 is 10.9 Å². The van der Waals surface area contributed by atoms with Crippen molar-refractivity contribution in [2.75, 3.05) is 5.32 Å². The van der Waals surface area contributed by atoms with Gasteiger partial charge < -0.3 is 15.2 Å². The van der Waals surface area contributed by atoms with Gasteiger partial charge in [0, 0.05) is 6.20 Å². The SMILES string of the molecule is CC(C)(C)O[C@@H](C(=O)Nc1c[nH][nH]c1=O)c1ccccc1. The Hall–Kier alpha value is -2.34. The molecule has 0 saturated heterocycles. The lowest BCUT2D eigenvalue weighted by atomic mass is 10.1. The van der Waals surface area contributed by atoms with Crippen molar-refractivity contribution in [3.05, 3.63) is 52.4 Å². The van der Waals surface area contributed by atoms with Gasteiger partial charge in [0.1, 0.15) is 5.69 Å². The van der Waals surface area contributed by atoms with Crippen LogP contribution in [0.5, 0.6) is 0 Å². The summed E-state index contributed by atoms with van der Waals surface area (Å²) in [6.07, 6.45) is 0.611. The van der Waals surface area contributed by atoms with Crippen molar-refractivity contribution in [2.45, 2.75) is 32.5 Å². The van der Waals surface area contributed by atoms with E-state index in [0.29, 0.717) is 0 Å². The van der Waals surface area contributed by atoms with Crippen LogP contribution in [-0.2, 0) is 9.53 Å². The number of nitrogens with one attached hydrogen (secondary N) is 3. The third-order valence-corrected chi connectivity index (χ3v) is 2.72. The Morgan fingerprint density at radius 1 is 1.24 bits per heavy atom. The first-order valence-electron chi connectivity index (χ1n) is 6.66. The van der Waals surface area contributed by atoms with Crippen molar-refractivity contribution in [1.82, 2.24) is 10.2 Å². The molecule has 1 amide bonds. The normalized spacial score (nSPS) is 12.9. The van der Waals surface area contributed by atoms with E-state index < -0.39 is 11.7 Å². The number of anilines is 1. The molecule has 0 aliphatic carbocycles. The molecular formula is C15H19N3O3. The van der Waals surface area contributed by atoms with Gasteiger partial charge in [-0.05, 0) is 26.3 Å². The quantitative estimate of drug-likeness (QED) is 0.806. The fourth-order valence-corrected chi connectivity index (χ4v) is 1.85. The van der Waals surface area contributed by atoms with E-state index in [9.17, 15) is 9.59 Å². The third-order valence-electron chi connectivity index (χ3n) is 2.72. The molecule has 1 atom stereocenters. The number of H-pyrrole nitrogens is 2. The summed E-state index contributed by atoms with van der Waals surface area (Å²) in [7, 11) is 0. The van der Waals surface area contributed by atoms with Crippen molar-refractivity contribution < 1.29 is 9.53 Å². The van der Waals surface area contributed by atoms with E-state index in [1.54, 1.807) is 0 Å². The van der Waals surface area contributed by atoms with Gasteiger partial charge in [0.2, 0.25) is 0 Å². The van der Waals surface area contributed by atoms with E-state index in [1.165, 1.54) is 6.20 Å². The van der Waals surface area contributed by atoms with Gasteiger partial charge in [0.15, 0.2) is 6.10 Å². The Labute approximate surface area is 122 Å². The van der Waals surface area contributed by atoms with Crippen molar-refractivity contribution >= 4 is 11.6 Å². The second-order valence-corrected chi connectivity index (χ2v) is 5.67. The average molecular weight is 289 g/mol. The molecule has 0 bridgehead atoms. The highest BCUT2D eigenvalue weighted by Gasteiger charge is 2.27. The maximum atomic E-state index is 12.4. The summed E-state index contributed by atoms with van der Waals surface area (Å²) < 4.78 is 5.84. The second kappa shape index (κ2) is 5.97. The molecule has 112 valence electrons. The van der Waals surface area contributed by atoms with Gasteiger partial charge in [0.25, 0.3) is 11.5 Å². The molecule has 21 heavy (non-hydrogen) atoms. The Morgan fingerprint density at radius 3 is 2.43 bits per heavy atom. The Bertz CT molecular complexity index is 653. The highest BCUT2D eigenvalue weighted by atomic mass is 16.5. The topological polar surface area (TPSA) is 87.0 Å². The van der Waals surface area contributed by atoms with E-state index >= 15 is 0 Å². The number of aromatic nitrogens is 2. The highest BCUT2D eigenvalue weighted by molar-refractivity contribution is 5.94. The molecule has 0 aliphatic rings. The van der Waals surface area contributed by atoms with Gasteiger partial charge in [-0.25, -0.2) is 0 Å². The second-order valence-electron chi connectivity index (χ2n) is 5.67. The summed E-state index contributed by atoms with van der Waals surface area (Å²) in [4.78, 5) is 23.9. The van der Waals surface area contributed by atoms with Gasteiger partial charge >= 0.3 is 0 Å². The number of aromatic amines is 2. The maximum Gasteiger partial charge on any atom is 0.287 e. The molecule has 2 rings (SSSR count). The van der Waals surface area contributed by atoms with Crippen LogP contribution in [0.15, 0.2) is 41.3 Å². The summed E-state index contributed by atoms with van der Waals surface area (Å²) in [6, 6.07) is 9.18. The number of ether oxygens (including phenoxy) is 1. The molecule has 0 spiro atoms. The molecule has 2 aromatic rings. The fourth-order valence-electron chi connectivity index (χ4n) is 1.85. The van der Waals surface area contributed by atoms with Crippen LogP contribution in [0.4, 0.5) is 5.69 Å². The molecule has 0 aliphatic heterocycles. The largest absolute Gasteiger partial charge is 0.358 e. The number of hydrogen-bond donors (Lipinski definition) is 3. The van der Waals surface area contributed by atoms with Crippen molar-refractivity contribution in [2.24, 2.45) is 0 Å². The van der Waals surface area contributed by atoms with Crippen LogP contribution in [0.3, 0.4) is 0 Å². The predicted octanol–water partition coefficient (Wildman–Crippen LogP) is 2.20. The molecule has 1 heterocycles. The minimum absolute atomic E-state index is 0.165. The highest BCUT2D eigenvalue weighted by Crippen LogP contribution is 2.25. The van der Waals surface area contributed by atoms with E-state index in [1.807, 2.05) is 51.1 Å². The lowest BCUT2D eigenvalue weighted by molar-refractivity contribution is -0.137. The van der Waals surface area contributed by atoms with Gasteiger partial charge in [-0.1, -0.05) is 30.3 Å². The molecule has 6 nitrogen and oxygen atoms in total. The number of carbonyl (C=O) groups excluding carboxylic acids is 1. The Morgan fingerprint density at radius 2 is 1.90 bits per heavy atom. The zero-order valence-electron chi connectivity index (χ0n) is 12.3. The Kier molecular flexibility index (Phi) is 4.28. The first kappa shape index (κ1) is 15.1. The predicted molar refractivity (Wildman–Crippen MR) is 80.1 cm³/mol. The van der Waals surface area contributed by atoms with Crippen molar-refractivity contribution in [3.8, 4) is 0 Å². The monoisotopic (exact) mass is 289 g/mol. The van der Waals surface area contributed by atoms with Crippen LogP contribution in [0.25, 0.3) is 0 Å². The number of amides is 1. The number of benzene rings is 1. The maximum absolute atomic E-state index is 12.4. The summed E-state index contributed by atoms with van der Waals surface area (Å²) >= 11 is 0. The molecule has 0 fully saturated rings. The first-order valence-corrected chi connectivity index (χ1v) is 6.66. The molecule has 1 aromatic heterocycles.